The van der Waals surface area contributed by atoms with E-state index in [2.05, 4.69) is 42.1 Å². The molecule has 0 atom stereocenters. The highest BCUT2D eigenvalue weighted by molar-refractivity contribution is 9.09. The molecular formula is C12H17BrOS. The highest BCUT2D eigenvalue weighted by Crippen LogP contribution is 2.29. The smallest absolute Gasteiger partial charge is 0.132 e. The lowest BCUT2D eigenvalue weighted by molar-refractivity contribution is 0.199. The molecule has 0 heterocycles. The van der Waals surface area contributed by atoms with Crippen LogP contribution in [0, 0.1) is 5.41 Å². The Morgan fingerprint density at radius 3 is 2.60 bits per heavy atom. The van der Waals surface area contributed by atoms with Crippen molar-refractivity contribution in [3.63, 3.8) is 0 Å². The molecule has 1 nitrogen and oxygen atoms in total. The lowest BCUT2D eigenvalue weighted by Gasteiger charge is -2.22. The first kappa shape index (κ1) is 12.9. The number of hydrogen-bond donors (Lipinski definition) is 0. The molecule has 1 rings (SSSR count). The number of para-hydroxylation sites is 1. The van der Waals surface area contributed by atoms with Gasteiger partial charge in [-0.2, -0.15) is 0 Å². The van der Waals surface area contributed by atoms with Gasteiger partial charge in [0, 0.05) is 15.6 Å². The zero-order valence-corrected chi connectivity index (χ0v) is 11.8. The monoisotopic (exact) mass is 288 g/mol. The van der Waals surface area contributed by atoms with Gasteiger partial charge in [0.05, 0.1) is 6.61 Å². The van der Waals surface area contributed by atoms with E-state index < -0.39 is 0 Å². The molecule has 0 aliphatic heterocycles. The number of rotatable bonds is 5. The van der Waals surface area contributed by atoms with Gasteiger partial charge in [-0.3, -0.25) is 0 Å². The van der Waals surface area contributed by atoms with Crippen LogP contribution in [-0.2, 0) is 0 Å². The van der Waals surface area contributed by atoms with E-state index >= 15 is 0 Å². The molecular weight excluding hydrogens is 272 g/mol. The van der Waals surface area contributed by atoms with Crippen LogP contribution in [-0.4, -0.2) is 18.2 Å². The number of hydrogen-bond acceptors (Lipinski definition) is 2. The summed E-state index contributed by atoms with van der Waals surface area (Å²) in [6, 6.07) is 8.15. The van der Waals surface area contributed by atoms with E-state index in [0.717, 1.165) is 17.7 Å². The molecule has 1 aromatic carbocycles. The van der Waals surface area contributed by atoms with Gasteiger partial charge in [-0.15, -0.1) is 11.8 Å². The first-order chi connectivity index (χ1) is 7.09. The maximum atomic E-state index is 5.83. The first-order valence-corrected chi connectivity index (χ1v) is 7.25. The van der Waals surface area contributed by atoms with E-state index in [1.54, 1.807) is 11.8 Å². The Labute approximate surface area is 105 Å². The Morgan fingerprint density at radius 1 is 1.33 bits per heavy atom. The Balaban J connectivity index is 2.65. The minimum absolute atomic E-state index is 0.172. The summed E-state index contributed by atoms with van der Waals surface area (Å²) in [4.78, 5) is 1.20. The first-order valence-electron chi connectivity index (χ1n) is 4.91. The summed E-state index contributed by atoms with van der Waals surface area (Å²) in [5, 5.41) is 0.946. The van der Waals surface area contributed by atoms with Gasteiger partial charge < -0.3 is 4.74 Å². The van der Waals surface area contributed by atoms with E-state index in [1.165, 1.54) is 4.90 Å². The maximum absolute atomic E-state index is 5.83. The second kappa shape index (κ2) is 5.80. The third kappa shape index (κ3) is 4.07. The van der Waals surface area contributed by atoms with Crippen molar-refractivity contribution in [3.05, 3.63) is 24.3 Å². The van der Waals surface area contributed by atoms with Crippen molar-refractivity contribution in [1.82, 2.24) is 0 Å². The van der Waals surface area contributed by atoms with Gasteiger partial charge in [-0.25, -0.2) is 0 Å². The lowest BCUT2D eigenvalue weighted by Crippen LogP contribution is -2.22. The minimum atomic E-state index is 0.172. The van der Waals surface area contributed by atoms with Gasteiger partial charge in [0.25, 0.3) is 0 Å². The molecule has 1 aromatic rings. The van der Waals surface area contributed by atoms with Crippen LogP contribution < -0.4 is 4.74 Å². The van der Waals surface area contributed by atoms with Crippen molar-refractivity contribution < 1.29 is 4.74 Å². The van der Waals surface area contributed by atoms with Crippen LogP contribution in [0.4, 0.5) is 0 Å². The van der Waals surface area contributed by atoms with E-state index in [0.29, 0.717) is 0 Å². The largest absolute Gasteiger partial charge is 0.492 e. The van der Waals surface area contributed by atoms with Gasteiger partial charge in [-0.1, -0.05) is 41.9 Å². The normalized spacial score (nSPS) is 11.5. The van der Waals surface area contributed by atoms with Crippen molar-refractivity contribution in [2.45, 2.75) is 18.7 Å². The zero-order chi connectivity index (χ0) is 11.3. The van der Waals surface area contributed by atoms with E-state index in [1.807, 2.05) is 18.2 Å². The van der Waals surface area contributed by atoms with Crippen LogP contribution >= 0.6 is 27.7 Å². The predicted molar refractivity (Wildman–Crippen MR) is 71.3 cm³/mol. The zero-order valence-electron chi connectivity index (χ0n) is 9.42. The second-order valence-corrected chi connectivity index (χ2v) is 5.65. The molecule has 0 aromatic heterocycles. The lowest BCUT2D eigenvalue weighted by atomic mass is 9.98. The molecule has 0 saturated heterocycles. The summed E-state index contributed by atoms with van der Waals surface area (Å²) in [7, 11) is 0. The van der Waals surface area contributed by atoms with Crippen molar-refractivity contribution in [2.75, 3.05) is 18.2 Å². The Bertz CT molecular complexity index is 312. The standard InChI is InChI=1S/C12H17BrOS/c1-12(2,8-13)9-14-10-6-4-5-7-11(10)15-3/h4-7H,8-9H2,1-3H3. The number of thioether (sulfide) groups is 1. The highest BCUT2D eigenvalue weighted by Gasteiger charge is 2.17. The molecule has 15 heavy (non-hydrogen) atoms. The Hall–Kier alpha value is -0.150. The average molecular weight is 289 g/mol. The fraction of sp³-hybridized carbons (Fsp3) is 0.500. The van der Waals surface area contributed by atoms with Crippen LogP contribution in [0.2, 0.25) is 0 Å². The molecule has 84 valence electrons. The molecule has 0 aliphatic carbocycles. The average Bonchev–Trinajstić information content (AvgIpc) is 2.27. The molecule has 0 radical (unpaired) electrons. The molecule has 0 saturated carbocycles. The van der Waals surface area contributed by atoms with Crippen molar-refractivity contribution in [2.24, 2.45) is 5.41 Å². The molecule has 0 amide bonds. The molecule has 0 aliphatic rings. The molecule has 0 N–H and O–H groups in total. The van der Waals surface area contributed by atoms with E-state index in [4.69, 9.17) is 4.74 Å². The topological polar surface area (TPSA) is 9.23 Å². The van der Waals surface area contributed by atoms with Gasteiger partial charge >= 0.3 is 0 Å². The van der Waals surface area contributed by atoms with Gasteiger partial charge in [0.1, 0.15) is 5.75 Å². The van der Waals surface area contributed by atoms with Crippen LogP contribution in [0.1, 0.15) is 13.8 Å². The summed E-state index contributed by atoms with van der Waals surface area (Å²) in [5.74, 6) is 0.985. The molecule has 0 bridgehead atoms. The second-order valence-electron chi connectivity index (χ2n) is 4.24. The molecule has 0 fully saturated rings. The number of ether oxygens (including phenoxy) is 1. The molecule has 3 heteroatoms. The summed E-state index contributed by atoms with van der Waals surface area (Å²) in [5.41, 5.74) is 0.172. The van der Waals surface area contributed by atoms with Crippen LogP contribution in [0.3, 0.4) is 0 Å². The maximum Gasteiger partial charge on any atom is 0.132 e. The van der Waals surface area contributed by atoms with Crippen LogP contribution in [0.15, 0.2) is 29.2 Å². The Morgan fingerprint density at radius 2 is 2.00 bits per heavy atom. The van der Waals surface area contributed by atoms with Gasteiger partial charge in [0.2, 0.25) is 0 Å². The third-order valence-corrected chi connectivity index (χ3v) is 4.34. The van der Waals surface area contributed by atoms with Gasteiger partial charge in [0.15, 0.2) is 0 Å². The predicted octanol–water partition coefficient (Wildman–Crippen LogP) is 4.21. The number of alkyl halides is 1. The third-order valence-electron chi connectivity index (χ3n) is 2.05. The van der Waals surface area contributed by atoms with Gasteiger partial charge in [-0.05, 0) is 18.4 Å². The summed E-state index contributed by atoms with van der Waals surface area (Å²) < 4.78 is 5.83. The van der Waals surface area contributed by atoms with E-state index in [9.17, 15) is 0 Å². The van der Waals surface area contributed by atoms with E-state index in [-0.39, 0.29) is 5.41 Å². The molecule has 0 unspecified atom stereocenters. The van der Waals surface area contributed by atoms with Crippen molar-refractivity contribution in [3.8, 4) is 5.75 Å². The SMILES string of the molecule is CSc1ccccc1OCC(C)(C)CBr. The van der Waals surface area contributed by atoms with Crippen molar-refractivity contribution >= 4 is 27.7 Å². The number of benzene rings is 1. The minimum Gasteiger partial charge on any atom is -0.492 e. The summed E-state index contributed by atoms with van der Waals surface area (Å²) >= 11 is 5.21. The van der Waals surface area contributed by atoms with Crippen LogP contribution in [0.5, 0.6) is 5.75 Å². The quantitative estimate of drug-likeness (QED) is 0.593. The summed E-state index contributed by atoms with van der Waals surface area (Å²) in [6.45, 7) is 5.10. The van der Waals surface area contributed by atoms with Crippen molar-refractivity contribution in [1.29, 1.82) is 0 Å². The fourth-order valence-electron chi connectivity index (χ4n) is 1.05. The number of halogens is 1. The Kier molecular flexibility index (Phi) is 5.00. The summed E-state index contributed by atoms with van der Waals surface area (Å²) in [6.07, 6.45) is 2.07. The fourth-order valence-corrected chi connectivity index (χ4v) is 1.75. The molecule has 0 spiro atoms. The highest BCUT2D eigenvalue weighted by atomic mass is 79.9. The van der Waals surface area contributed by atoms with Crippen LogP contribution in [0.25, 0.3) is 0 Å².